The number of para-hydroxylation sites is 1. The maximum atomic E-state index is 15.0. The molecule has 2 aliphatic heterocycles. The van der Waals surface area contributed by atoms with Gasteiger partial charge < -0.3 is 68.2 Å². The van der Waals surface area contributed by atoms with Gasteiger partial charge in [-0.2, -0.15) is 0 Å². The number of ether oxygens (including phenoxy) is 1. The number of nitrogens with zero attached hydrogens (tertiary/aromatic N) is 3. The number of hydrogen-bond acceptors (Lipinski definition) is 20. The maximum Gasteiger partial charge on any atom is 0.329 e. The number of nitrogens with one attached hydrogen (secondary N) is 6. The molecule has 0 saturated carbocycles. The molecule has 0 bridgehead atoms. The Labute approximate surface area is 579 Å². The van der Waals surface area contributed by atoms with Crippen molar-refractivity contribution >= 4 is 130 Å². The van der Waals surface area contributed by atoms with Crippen LogP contribution in [-0.4, -0.2) is 201 Å². The first kappa shape index (κ1) is 79.9. The summed E-state index contributed by atoms with van der Waals surface area (Å²) < 4.78 is 5.43. The van der Waals surface area contributed by atoms with Gasteiger partial charge in [-0.3, -0.25) is 47.9 Å². The standard InChI is InChI=1S/C66H100N12O12S5/c1-65(2,3)94-92-33-28-50(73-61(86)51(35-44-37-70-48-24-13-12-23-46(44)48)74-60(85)49(25-15-17-30-76(7)8)72-55(80)38-71-59(84)47(68)41-93-95-66(4,5)6)62(87)78-32-19-27-54(78)64(89)90-39-45(79)34-43(22-14-16-29-67)58(83)75-52(63(88)77-31-18-26-53(77)57(69)82)36-56(81)91-40-42-20-10-9-11-21-42/h9-13,20-21,23-24,37,43,47,49-54,70H,14-19,22,25-36,38-41,67-68H2,1-8H3,(H2,69,82)(H,71,84)(H,72,80)(H,73,86)(H,74,85)(H,75,83)/t43-,47+,49+,50+,51+,52+,53+,54+/m1/s1. The molecule has 526 valence electrons. The van der Waals surface area contributed by atoms with E-state index in [1.165, 1.54) is 31.4 Å². The quantitative estimate of drug-likeness (QED) is 0.0202. The number of rotatable bonds is 40. The number of thioether (sulfide) groups is 1. The number of ketones is 1. The number of unbranched alkanes of at least 4 members (excludes halogenated alkanes) is 2. The van der Waals surface area contributed by atoms with Gasteiger partial charge in [0.15, 0.2) is 10.9 Å². The zero-order valence-corrected chi connectivity index (χ0v) is 60.3. The van der Waals surface area contributed by atoms with Crippen LogP contribution in [-0.2, 0) is 69.7 Å². The van der Waals surface area contributed by atoms with E-state index in [0.717, 1.165) is 28.2 Å². The van der Waals surface area contributed by atoms with Crippen LogP contribution in [0.1, 0.15) is 136 Å². The number of aromatic nitrogens is 1. The lowest BCUT2D eigenvalue weighted by Crippen LogP contribution is -2.58. The summed E-state index contributed by atoms with van der Waals surface area (Å²) in [6.45, 7) is 12.4. The van der Waals surface area contributed by atoms with Gasteiger partial charge in [-0.1, -0.05) is 151 Å². The highest BCUT2D eigenvalue weighted by Gasteiger charge is 2.42. The van der Waals surface area contributed by atoms with Crippen molar-refractivity contribution < 1.29 is 57.5 Å². The summed E-state index contributed by atoms with van der Waals surface area (Å²) in [5, 5.41) is 14.4. The normalized spacial score (nSPS) is 16.9. The van der Waals surface area contributed by atoms with Crippen molar-refractivity contribution in [2.45, 2.75) is 189 Å². The summed E-state index contributed by atoms with van der Waals surface area (Å²) in [7, 11) is 9.98. The van der Waals surface area contributed by atoms with Gasteiger partial charge in [-0.25, -0.2) is 4.79 Å². The molecule has 3 heterocycles. The molecule has 2 fully saturated rings. The van der Waals surface area contributed by atoms with Crippen molar-refractivity contribution in [1.29, 1.82) is 0 Å². The minimum atomic E-state index is -1.38. The molecule has 8 amide bonds. The Morgan fingerprint density at radius 1 is 0.684 bits per heavy atom. The van der Waals surface area contributed by atoms with E-state index in [2.05, 4.69) is 31.6 Å². The van der Waals surface area contributed by atoms with Crippen LogP contribution >= 0.6 is 54.9 Å². The number of aromatic amines is 1. The summed E-state index contributed by atoms with van der Waals surface area (Å²) in [4.78, 5) is 161. The molecule has 2 saturated heterocycles. The van der Waals surface area contributed by atoms with E-state index >= 15 is 9.59 Å². The number of Topliss-reactive ketones (excluding diaryl/α,β-unsaturated/α-hetero) is 1. The molecule has 1 aromatic heterocycles. The molecule has 95 heavy (non-hydrogen) atoms. The average Bonchev–Trinajstić information content (AvgIpc) is 1.76. The van der Waals surface area contributed by atoms with Crippen LogP contribution in [0.5, 0.6) is 0 Å². The number of fused-ring (bicyclic) bond motifs is 1. The molecular weight excluding hydrogens is 1310 g/mol. The highest BCUT2D eigenvalue weighted by Crippen LogP contribution is 2.37. The molecule has 12 N–H and O–H groups in total. The lowest BCUT2D eigenvalue weighted by Gasteiger charge is -2.30. The van der Waals surface area contributed by atoms with Crippen LogP contribution in [0.2, 0.25) is 0 Å². The number of amides is 8. The molecule has 3 aromatic rings. The zero-order valence-electron chi connectivity index (χ0n) is 56.2. The lowest BCUT2D eigenvalue weighted by atomic mass is 9.94. The van der Waals surface area contributed by atoms with Crippen molar-refractivity contribution in [3.05, 3.63) is 71.9 Å². The van der Waals surface area contributed by atoms with E-state index in [-0.39, 0.29) is 59.8 Å². The molecule has 0 radical (unpaired) electrons. The first-order valence-electron chi connectivity index (χ1n) is 32.6. The minimum Gasteiger partial charge on any atom is -0.456 e. The topological polar surface area (TPSA) is 361 Å². The van der Waals surface area contributed by atoms with Gasteiger partial charge in [0.05, 0.1) is 12.6 Å². The molecular formula is C66H100N12O12S5. The highest BCUT2D eigenvalue weighted by molar-refractivity contribution is 8.77. The fourth-order valence-corrected chi connectivity index (χ4v) is 16.4. The Bertz CT molecular complexity index is 3060. The number of nitrogens with two attached hydrogens (primary N) is 3. The maximum absolute atomic E-state index is 15.0. The van der Waals surface area contributed by atoms with Crippen LogP contribution in [0.3, 0.4) is 0 Å². The lowest BCUT2D eigenvalue weighted by molar-refractivity contribution is -0.156. The monoisotopic (exact) mass is 1410 g/mol. The van der Waals surface area contributed by atoms with Crippen molar-refractivity contribution in [3.63, 3.8) is 0 Å². The van der Waals surface area contributed by atoms with Gasteiger partial charge in [0.1, 0.15) is 42.9 Å². The number of benzene rings is 2. The molecule has 8 atom stereocenters. The third-order valence-corrected chi connectivity index (χ3v) is 23.3. The number of primary amides is 1. The fourth-order valence-electron chi connectivity index (χ4n) is 10.8. The largest absolute Gasteiger partial charge is 0.456 e. The van der Waals surface area contributed by atoms with E-state index in [9.17, 15) is 43.2 Å². The average molecular weight is 1410 g/mol. The van der Waals surface area contributed by atoms with Gasteiger partial charge >= 0.3 is 5.97 Å². The van der Waals surface area contributed by atoms with Gasteiger partial charge in [0.2, 0.25) is 47.3 Å². The number of likely N-dealkylation sites (tertiary alicyclic amines) is 2. The van der Waals surface area contributed by atoms with Crippen LogP contribution in [0.25, 0.3) is 10.9 Å². The highest BCUT2D eigenvalue weighted by atomic mass is 33.1. The Hall–Kier alpha value is -5.82. The van der Waals surface area contributed by atoms with E-state index in [1.54, 1.807) is 27.8 Å². The van der Waals surface area contributed by atoms with Crippen molar-refractivity contribution in [2.75, 3.05) is 64.9 Å². The molecule has 29 heteroatoms. The van der Waals surface area contributed by atoms with E-state index in [0.29, 0.717) is 80.9 Å². The predicted octanol–water partition coefficient (Wildman–Crippen LogP) is 5.14. The Balaban J connectivity index is 1.33. The second-order valence-corrected chi connectivity index (χ2v) is 33.7. The zero-order chi connectivity index (χ0) is 69.8. The van der Waals surface area contributed by atoms with Crippen molar-refractivity contribution in [2.24, 2.45) is 23.1 Å². The number of H-pyrrole nitrogens is 1. The minimum absolute atomic E-state index is 0.0389. The second kappa shape index (κ2) is 40.2. The van der Waals surface area contributed by atoms with Gasteiger partial charge in [-0.05, 0) is 109 Å². The summed E-state index contributed by atoms with van der Waals surface area (Å²) in [6.07, 6.45) is 4.86. The van der Waals surface area contributed by atoms with Gasteiger partial charge in [-0.15, -0.1) is 0 Å². The first-order chi connectivity index (χ1) is 45.0. The molecule has 0 aliphatic carbocycles. The van der Waals surface area contributed by atoms with Crippen molar-refractivity contribution in [1.82, 2.24) is 46.3 Å². The molecule has 2 aliphatic rings. The third kappa shape index (κ3) is 28.3. The fraction of sp³-hybridized carbons (Fsp3) is 0.621. The van der Waals surface area contributed by atoms with Crippen LogP contribution in [0.4, 0.5) is 0 Å². The predicted molar refractivity (Wildman–Crippen MR) is 380 cm³/mol. The van der Waals surface area contributed by atoms with Gasteiger partial charge in [0, 0.05) is 82.1 Å². The Morgan fingerprint density at radius 2 is 1.29 bits per heavy atom. The van der Waals surface area contributed by atoms with E-state index in [4.69, 9.17) is 21.9 Å². The summed E-state index contributed by atoms with van der Waals surface area (Å²) in [5.74, 6) is -6.72. The Kier molecular flexibility index (Phi) is 33.8. The van der Waals surface area contributed by atoms with Crippen molar-refractivity contribution in [3.8, 4) is 0 Å². The number of carbonyl (C=O) groups excluding carboxylic acids is 11. The molecule has 0 spiro atoms. The first-order valence-corrected chi connectivity index (χ1v) is 38.2. The van der Waals surface area contributed by atoms with E-state index < -0.39 is 133 Å². The Morgan fingerprint density at radius 3 is 1.97 bits per heavy atom. The summed E-state index contributed by atoms with van der Waals surface area (Å²) >= 11 is 0.978. The van der Waals surface area contributed by atoms with Gasteiger partial charge in [0.25, 0.3) is 0 Å². The molecule has 0 unspecified atom stereocenters. The SMILES string of the molecule is CN(C)CCCC[C@H](NC(=O)CNC(=O)[C@@H](N)CSSC(C)(C)C)C(=O)N[C@@H](Cc1c[nH]c2ccccc12)C(=O)N[C@@H](CCSSC(C)(C)C)C(=O)N1CCC[C@H]1C(=O)OCC(=O)C[C@@H](CCCCN)C(=O)N[C@@H](CC(=O)SCc1ccccc1)C(=O)N1CCC[C@H]1C(N)=O. The smallest absolute Gasteiger partial charge is 0.329 e. The van der Waals surface area contributed by atoms with Crippen LogP contribution in [0.15, 0.2) is 60.8 Å². The molecule has 2 aromatic carbocycles. The second-order valence-electron chi connectivity index (χ2n) is 26.2. The third-order valence-electron chi connectivity index (χ3n) is 15.6. The number of carbonyl (C=O) groups is 11. The number of esters is 1. The molecule has 5 rings (SSSR count). The summed E-state index contributed by atoms with van der Waals surface area (Å²) in [6, 6.07) is 8.68. The van der Waals surface area contributed by atoms with Crippen LogP contribution < -0.4 is 43.8 Å². The molecule has 24 nitrogen and oxygen atoms in total. The van der Waals surface area contributed by atoms with E-state index in [1.807, 2.05) is 115 Å². The van der Waals surface area contributed by atoms with Crippen LogP contribution in [0, 0.1) is 5.92 Å². The number of hydrogen-bond donors (Lipinski definition) is 9. The summed E-state index contributed by atoms with van der Waals surface area (Å²) in [5.41, 5.74) is 20.0.